The van der Waals surface area contributed by atoms with Crippen LogP contribution in [0.25, 0.3) is 0 Å². The molecule has 0 aromatic heterocycles. The maximum absolute atomic E-state index is 13.1. The first-order chi connectivity index (χ1) is 14.7. The molecule has 6 nitrogen and oxygen atoms in total. The molecule has 0 saturated carbocycles. The third-order valence-electron chi connectivity index (χ3n) is 5.05. The predicted molar refractivity (Wildman–Crippen MR) is 112 cm³/mol. The molecule has 4 rings (SSSR count). The summed E-state index contributed by atoms with van der Waals surface area (Å²) in [7, 11) is 1.59. The van der Waals surface area contributed by atoms with Crippen molar-refractivity contribution in [1.29, 1.82) is 0 Å². The number of ether oxygens (including phenoxy) is 2. The van der Waals surface area contributed by atoms with Gasteiger partial charge in [-0.3, -0.25) is 9.69 Å². The van der Waals surface area contributed by atoms with Crippen LogP contribution in [0.4, 0.5) is 4.79 Å². The first-order valence-electron chi connectivity index (χ1n) is 9.65. The summed E-state index contributed by atoms with van der Waals surface area (Å²) < 4.78 is 10.8. The predicted octanol–water partition coefficient (Wildman–Crippen LogP) is 4.20. The highest BCUT2D eigenvalue weighted by atomic mass is 16.6. The fraction of sp³-hybridized carbons (Fsp3) is 0.167. The minimum atomic E-state index is -0.776. The van der Waals surface area contributed by atoms with E-state index in [1.165, 1.54) is 4.90 Å². The number of carbonyl (C=O) groups excluding carboxylic acids is 2. The van der Waals surface area contributed by atoms with Gasteiger partial charge in [0.25, 0.3) is 0 Å². The number of methoxy groups -OCH3 is 1. The Bertz CT molecular complexity index is 1010. The van der Waals surface area contributed by atoms with Gasteiger partial charge in [0.2, 0.25) is 5.91 Å². The number of amides is 2. The fourth-order valence-corrected chi connectivity index (χ4v) is 3.54. The van der Waals surface area contributed by atoms with Crippen LogP contribution in [-0.2, 0) is 16.1 Å². The van der Waals surface area contributed by atoms with E-state index >= 15 is 0 Å². The van der Waals surface area contributed by atoms with Crippen LogP contribution in [0.1, 0.15) is 28.9 Å². The van der Waals surface area contributed by atoms with Gasteiger partial charge in [-0.05, 0) is 28.8 Å². The quantitative estimate of drug-likeness (QED) is 0.694. The van der Waals surface area contributed by atoms with Gasteiger partial charge >= 0.3 is 6.09 Å². The molecule has 2 unspecified atom stereocenters. The van der Waals surface area contributed by atoms with E-state index in [1.54, 1.807) is 19.2 Å². The van der Waals surface area contributed by atoms with E-state index in [1.807, 2.05) is 72.8 Å². The fourth-order valence-electron chi connectivity index (χ4n) is 3.54. The standard InChI is InChI=1S/C24H22N2O4/c1-29-20-14-12-19(13-15-20)22-25-23(27)21(18-10-6-3-7-11-18)26(22)24(28)30-16-17-8-4-2-5-9-17/h2-15,21-22H,16H2,1H3,(H,25,27). The van der Waals surface area contributed by atoms with Crippen LogP contribution in [0.15, 0.2) is 84.9 Å². The Labute approximate surface area is 175 Å². The van der Waals surface area contributed by atoms with Crippen molar-refractivity contribution in [2.45, 2.75) is 18.8 Å². The second-order valence-corrected chi connectivity index (χ2v) is 6.94. The Hall–Kier alpha value is -3.80. The SMILES string of the molecule is COc1ccc(C2NC(=O)C(c3ccccc3)N2C(=O)OCc2ccccc2)cc1. The van der Waals surface area contributed by atoms with E-state index in [-0.39, 0.29) is 12.5 Å². The molecular formula is C24H22N2O4. The Balaban J connectivity index is 1.64. The molecule has 0 aliphatic carbocycles. The van der Waals surface area contributed by atoms with Gasteiger partial charge in [-0.25, -0.2) is 4.79 Å². The zero-order valence-corrected chi connectivity index (χ0v) is 16.5. The number of rotatable bonds is 5. The average Bonchev–Trinajstić information content (AvgIpc) is 3.16. The van der Waals surface area contributed by atoms with Crippen LogP contribution in [0.5, 0.6) is 5.75 Å². The molecule has 6 heteroatoms. The summed E-state index contributed by atoms with van der Waals surface area (Å²) in [6.07, 6.45) is -1.20. The van der Waals surface area contributed by atoms with Crippen molar-refractivity contribution in [1.82, 2.24) is 10.2 Å². The smallest absolute Gasteiger partial charge is 0.412 e. The van der Waals surface area contributed by atoms with Crippen LogP contribution < -0.4 is 10.1 Å². The van der Waals surface area contributed by atoms with Crippen molar-refractivity contribution in [2.24, 2.45) is 0 Å². The van der Waals surface area contributed by atoms with E-state index in [9.17, 15) is 9.59 Å². The van der Waals surface area contributed by atoms with Gasteiger partial charge < -0.3 is 14.8 Å². The van der Waals surface area contributed by atoms with Crippen molar-refractivity contribution in [3.63, 3.8) is 0 Å². The number of carbonyl (C=O) groups is 2. The lowest BCUT2D eigenvalue weighted by Crippen LogP contribution is -2.35. The molecule has 2 atom stereocenters. The van der Waals surface area contributed by atoms with Crippen LogP contribution in [0.3, 0.4) is 0 Å². The van der Waals surface area contributed by atoms with Crippen molar-refractivity contribution in [2.75, 3.05) is 7.11 Å². The van der Waals surface area contributed by atoms with Gasteiger partial charge in [-0.2, -0.15) is 0 Å². The van der Waals surface area contributed by atoms with Crippen molar-refractivity contribution >= 4 is 12.0 Å². The van der Waals surface area contributed by atoms with Crippen LogP contribution in [-0.4, -0.2) is 24.0 Å². The van der Waals surface area contributed by atoms with Crippen molar-refractivity contribution in [3.05, 3.63) is 102 Å². The number of hydrogen-bond donors (Lipinski definition) is 1. The zero-order chi connectivity index (χ0) is 20.9. The molecule has 0 bridgehead atoms. The molecule has 0 radical (unpaired) electrons. The summed E-state index contributed by atoms with van der Waals surface area (Å²) in [5, 5.41) is 2.93. The molecule has 1 fully saturated rings. The molecule has 30 heavy (non-hydrogen) atoms. The third-order valence-corrected chi connectivity index (χ3v) is 5.05. The number of nitrogens with zero attached hydrogens (tertiary/aromatic N) is 1. The Morgan fingerprint density at radius 1 is 0.900 bits per heavy atom. The highest BCUT2D eigenvalue weighted by Crippen LogP contribution is 2.36. The molecule has 3 aromatic carbocycles. The third kappa shape index (κ3) is 3.98. The summed E-state index contributed by atoms with van der Waals surface area (Å²) in [5.74, 6) is 0.444. The number of benzene rings is 3. The molecule has 3 aromatic rings. The highest BCUT2D eigenvalue weighted by molar-refractivity contribution is 5.90. The Kier molecular flexibility index (Phi) is 5.66. The molecule has 152 valence electrons. The normalized spacial score (nSPS) is 18.0. The van der Waals surface area contributed by atoms with Gasteiger partial charge in [0, 0.05) is 0 Å². The summed E-state index contributed by atoms with van der Waals surface area (Å²) in [5.41, 5.74) is 2.36. The molecule has 1 aliphatic rings. The lowest BCUT2D eigenvalue weighted by molar-refractivity contribution is -0.121. The molecule has 0 spiro atoms. The molecule has 1 aliphatic heterocycles. The van der Waals surface area contributed by atoms with Gasteiger partial charge in [0.1, 0.15) is 24.6 Å². The van der Waals surface area contributed by atoms with Crippen LogP contribution >= 0.6 is 0 Å². The van der Waals surface area contributed by atoms with Crippen LogP contribution in [0, 0.1) is 0 Å². The Morgan fingerprint density at radius 2 is 1.53 bits per heavy atom. The second-order valence-electron chi connectivity index (χ2n) is 6.94. The van der Waals surface area contributed by atoms with Crippen molar-refractivity contribution < 1.29 is 19.1 Å². The maximum atomic E-state index is 13.1. The highest BCUT2D eigenvalue weighted by Gasteiger charge is 2.45. The lowest BCUT2D eigenvalue weighted by atomic mass is 10.1. The van der Waals surface area contributed by atoms with Gasteiger partial charge in [0.15, 0.2) is 0 Å². The van der Waals surface area contributed by atoms with E-state index < -0.39 is 18.3 Å². The number of hydrogen-bond acceptors (Lipinski definition) is 4. The van der Waals surface area contributed by atoms with Gasteiger partial charge in [0.05, 0.1) is 7.11 Å². The summed E-state index contributed by atoms with van der Waals surface area (Å²) in [6, 6.07) is 25.1. The first kappa shape index (κ1) is 19.5. The van der Waals surface area contributed by atoms with Crippen molar-refractivity contribution in [3.8, 4) is 5.75 Å². The van der Waals surface area contributed by atoms with E-state index in [2.05, 4.69) is 5.32 Å². The minimum Gasteiger partial charge on any atom is -0.497 e. The molecular weight excluding hydrogens is 380 g/mol. The molecule has 1 N–H and O–H groups in total. The molecule has 1 heterocycles. The summed E-state index contributed by atoms with van der Waals surface area (Å²) in [4.78, 5) is 27.5. The van der Waals surface area contributed by atoms with E-state index in [0.717, 1.165) is 16.7 Å². The molecule has 1 saturated heterocycles. The largest absolute Gasteiger partial charge is 0.497 e. The first-order valence-corrected chi connectivity index (χ1v) is 9.65. The molecule has 2 amide bonds. The zero-order valence-electron chi connectivity index (χ0n) is 16.5. The van der Waals surface area contributed by atoms with Gasteiger partial charge in [-0.15, -0.1) is 0 Å². The summed E-state index contributed by atoms with van der Waals surface area (Å²) in [6.45, 7) is 0.126. The second kappa shape index (κ2) is 8.69. The lowest BCUT2D eigenvalue weighted by Gasteiger charge is -2.27. The van der Waals surface area contributed by atoms with E-state index in [4.69, 9.17) is 9.47 Å². The average molecular weight is 402 g/mol. The maximum Gasteiger partial charge on any atom is 0.412 e. The number of nitrogens with one attached hydrogen (secondary N) is 1. The monoisotopic (exact) mass is 402 g/mol. The Morgan fingerprint density at radius 3 is 2.17 bits per heavy atom. The van der Waals surface area contributed by atoms with Crippen LogP contribution in [0.2, 0.25) is 0 Å². The summed E-state index contributed by atoms with van der Waals surface area (Å²) >= 11 is 0. The topological polar surface area (TPSA) is 67.9 Å². The minimum absolute atomic E-state index is 0.126. The van der Waals surface area contributed by atoms with Gasteiger partial charge in [-0.1, -0.05) is 72.8 Å². The van der Waals surface area contributed by atoms with E-state index in [0.29, 0.717) is 5.75 Å².